The molecular formula is C22H23N5O3. The van der Waals surface area contributed by atoms with E-state index >= 15 is 0 Å². The molecule has 1 aromatic heterocycles. The molecule has 0 radical (unpaired) electrons. The first-order valence-electron chi connectivity index (χ1n) is 9.91. The van der Waals surface area contributed by atoms with Gasteiger partial charge in [0.25, 0.3) is 5.91 Å². The summed E-state index contributed by atoms with van der Waals surface area (Å²) < 4.78 is 0. The van der Waals surface area contributed by atoms with Crippen molar-refractivity contribution in [2.24, 2.45) is 0 Å². The fourth-order valence-corrected chi connectivity index (χ4v) is 3.39. The first kappa shape index (κ1) is 19.6. The van der Waals surface area contributed by atoms with Gasteiger partial charge >= 0.3 is 0 Å². The SMILES string of the molecule is CC(C)c1nc2ccc(NC(=O)CCC3NC(=O)c4ccccc4NC3=O)cc2[nH]1. The number of hydrogen-bond donors (Lipinski definition) is 4. The van der Waals surface area contributed by atoms with Gasteiger partial charge in [-0.3, -0.25) is 14.4 Å². The molecule has 4 rings (SSSR count). The highest BCUT2D eigenvalue weighted by Gasteiger charge is 2.27. The Hall–Kier alpha value is -3.68. The lowest BCUT2D eigenvalue weighted by molar-refractivity contribution is -0.118. The lowest BCUT2D eigenvalue weighted by Crippen LogP contribution is -2.41. The predicted octanol–water partition coefficient (Wildman–Crippen LogP) is 3.16. The zero-order valence-corrected chi connectivity index (χ0v) is 16.8. The molecular weight excluding hydrogens is 382 g/mol. The number of rotatable bonds is 5. The highest BCUT2D eigenvalue weighted by molar-refractivity contribution is 6.10. The molecule has 0 aliphatic carbocycles. The van der Waals surface area contributed by atoms with E-state index in [0.29, 0.717) is 16.9 Å². The number of amides is 3. The summed E-state index contributed by atoms with van der Waals surface area (Å²) in [4.78, 5) is 45.0. The number of carbonyl (C=O) groups excluding carboxylic acids is 3. The number of H-pyrrole nitrogens is 1. The van der Waals surface area contributed by atoms with Crippen LogP contribution in [0, 0.1) is 0 Å². The minimum Gasteiger partial charge on any atom is -0.342 e. The largest absolute Gasteiger partial charge is 0.342 e. The molecule has 1 unspecified atom stereocenters. The van der Waals surface area contributed by atoms with E-state index in [-0.39, 0.29) is 36.5 Å². The summed E-state index contributed by atoms with van der Waals surface area (Å²) >= 11 is 0. The molecule has 0 spiro atoms. The van der Waals surface area contributed by atoms with Crippen LogP contribution in [0.4, 0.5) is 11.4 Å². The summed E-state index contributed by atoms with van der Waals surface area (Å²) in [7, 11) is 0. The maximum Gasteiger partial charge on any atom is 0.254 e. The van der Waals surface area contributed by atoms with Crippen LogP contribution in [0.5, 0.6) is 0 Å². The number of para-hydroxylation sites is 1. The van der Waals surface area contributed by atoms with Crippen LogP contribution in [0.15, 0.2) is 42.5 Å². The molecule has 8 heteroatoms. The highest BCUT2D eigenvalue weighted by Crippen LogP contribution is 2.22. The Bertz CT molecular complexity index is 1130. The molecule has 1 aliphatic heterocycles. The number of hydrogen-bond acceptors (Lipinski definition) is 4. The van der Waals surface area contributed by atoms with E-state index in [0.717, 1.165) is 16.9 Å². The molecule has 0 fully saturated rings. The molecule has 4 N–H and O–H groups in total. The molecule has 1 aliphatic rings. The first-order valence-corrected chi connectivity index (χ1v) is 9.91. The third-order valence-corrected chi connectivity index (χ3v) is 5.04. The Labute approximate surface area is 173 Å². The van der Waals surface area contributed by atoms with Crippen LogP contribution in [0.1, 0.15) is 48.8 Å². The third kappa shape index (κ3) is 4.03. The summed E-state index contributed by atoms with van der Waals surface area (Å²) in [6, 6.07) is 11.5. The highest BCUT2D eigenvalue weighted by atomic mass is 16.2. The fraction of sp³-hybridized carbons (Fsp3) is 0.273. The standard InChI is InChI=1S/C22H23N5O3/c1-12(2)20-24-16-8-7-13(11-18(16)25-20)23-19(28)10-9-17-22(30)26-15-6-4-3-5-14(15)21(29)27-17/h3-8,11-12,17H,9-10H2,1-2H3,(H,23,28)(H,24,25)(H,26,30)(H,27,29). The first-order chi connectivity index (χ1) is 14.4. The van der Waals surface area contributed by atoms with E-state index in [4.69, 9.17) is 0 Å². The Kier molecular flexibility index (Phi) is 5.22. The van der Waals surface area contributed by atoms with Gasteiger partial charge in [0.1, 0.15) is 11.9 Å². The Balaban J connectivity index is 1.38. The van der Waals surface area contributed by atoms with Crippen LogP contribution in [-0.4, -0.2) is 33.7 Å². The average molecular weight is 405 g/mol. The lowest BCUT2D eigenvalue weighted by atomic mass is 10.1. The van der Waals surface area contributed by atoms with E-state index < -0.39 is 6.04 Å². The number of aromatic amines is 1. The minimum absolute atomic E-state index is 0.0902. The molecule has 0 bridgehead atoms. The Morgan fingerprint density at radius 1 is 1.17 bits per heavy atom. The molecule has 3 aromatic rings. The Morgan fingerprint density at radius 2 is 1.97 bits per heavy atom. The van der Waals surface area contributed by atoms with Gasteiger partial charge in [-0.25, -0.2) is 4.98 Å². The maximum absolute atomic E-state index is 12.4. The van der Waals surface area contributed by atoms with Crippen molar-refractivity contribution in [2.75, 3.05) is 10.6 Å². The summed E-state index contributed by atoms with van der Waals surface area (Å²) in [6.45, 7) is 4.11. The number of carbonyl (C=O) groups is 3. The van der Waals surface area contributed by atoms with Gasteiger partial charge in [-0.05, 0) is 36.8 Å². The number of benzene rings is 2. The van der Waals surface area contributed by atoms with E-state index in [1.807, 2.05) is 12.1 Å². The van der Waals surface area contributed by atoms with Crippen molar-refractivity contribution in [3.05, 3.63) is 53.9 Å². The molecule has 2 heterocycles. The maximum atomic E-state index is 12.4. The fourth-order valence-electron chi connectivity index (χ4n) is 3.39. The quantitative estimate of drug-likeness (QED) is 0.522. The van der Waals surface area contributed by atoms with E-state index in [1.165, 1.54) is 0 Å². The van der Waals surface area contributed by atoms with E-state index in [2.05, 4.69) is 39.8 Å². The Morgan fingerprint density at radius 3 is 2.77 bits per heavy atom. The van der Waals surface area contributed by atoms with Crippen molar-refractivity contribution in [1.82, 2.24) is 15.3 Å². The number of anilines is 2. The van der Waals surface area contributed by atoms with Crippen LogP contribution in [-0.2, 0) is 9.59 Å². The van der Waals surface area contributed by atoms with Crippen LogP contribution in [0.2, 0.25) is 0 Å². The van der Waals surface area contributed by atoms with Gasteiger partial charge in [-0.1, -0.05) is 26.0 Å². The number of fused-ring (bicyclic) bond motifs is 2. The van der Waals surface area contributed by atoms with Gasteiger partial charge in [0, 0.05) is 18.0 Å². The average Bonchev–Trinajstić information content (AvgIpc) is 3.10. The van der Waals surface area contributed by atoms with E-state index in [1.54, 1.807) is 30.3 Å². The topological polar surface area (TPSA) is 116 Å². The van der Waals surface area contributed by atoms with Crippen molar-refractivity contribution in [3.63, 3.8) is 0 Å². The van der Waals surface area contributed by atoms with Crippen LogP contribution < -0.4 is 16.0 Å². The van der Waals surface area contributed by atoms with Crippen LogP contribution >= 0.6 is 0 Å². The second-order valence-electron chi connectivity index (χ2n) is 7.66. The summed E-state index contributed by atoms with van der Waals surface area (Å²) in [6.07, 6.45) is 0.286. The monoisotopic (exact) mass is 405 g/mol. The zero-order valence-electron chi connectivity index (χ0n) is 16.8. The third-order valence-electron chi connectivity index (χ3n) is 5.04. The normalized spacial score (nSPS) is 16.0. The molecule has 3 amide bonds. The van der Waals surface area contributed by atoms with Crippen molar-refractivity contribution in [2.45, 2.75) is 38.6 Å². The summed E-state index contributed by atoms with van der Waals surface area (Å²) in [5.74, 6) is 0.273. The van der Waals surface area contributed by atoms with Crippen molar-refractivity contribution in [1.29, 1.82) is 0 Å². The lowest BCUT2D eigenvalue weighted by Gasteiger charge is -2.14. The van der Waals surface area contributed by atoms with Gasteiger partial charge in [0.15, 0.2) is 0 Å². The number of nitrogens with one attached hydrogen (secondary N) is 4. The van der Waals surface area contributed by atoms with Crippen LogP contribution in [0.3, 0.4) is 0 Å². The van der Waals surface area contributed by atoms with Crippen LogP contribution in [0.25, 0.3) is 11.0 Å². The van der Waals surface area contributed by atoms with Crippen molar-refractivity contribution in [3.8, 4) is 0 Å². The van der Waals surface area contributed by atoms with Gasteiger partial charge in [0.05, 0.1) is 22.3 Å². The van der Waals surface area contributed by atoms with Crippen molar-refractivity contribution < 1.29 is 14.4 Å². The second-order valence-corrected chi connectivity index (χ2v) is 7.66. The van der Waals surface area contributed by atoms with Gasteiger partial charge in [0.2, 0.25) is 11.8 Å². The molecule has 0 saturated heterocycles. The van der Waals surface area contributed by atoms with Gasteiger partial charge < -0.3 is 20.9 Å². The molecule has 154 valence electrons. The summed E-state index contributed by atoms with van der Waals surface area (Å²) in [5, 5.41) is 8.28. The number of aromatic nitrogens is 2. The van der Waals surface area contributed by atoms with E-state index in [9.17, 15) is 14.4 Å². The minimum atomic E-state index is -0.778. The second kappa shape index (κ2) is 7.98. The molecule has 2 aromatic carbocycles. The zero-order chi connectivity index (χ0) is 21.3. The van der Waals surface area contributed by atoms with Gasteiger partial charge in [-0.2, -0.15) is 0 Å². The molecule has 30 heavy (non-hydrogen) atoms. The number of imidazole rings is 1. The molecule has 0 saturated carbocycles. The predicted molar refractivity (Wildman–Crippen MR) is 114 cm³/mol. The smallest absolute Gasteiger partial charge is 0.254 e. The molecule has 8 nitrogen and oxygen atoms in total. The summed E-state index contributed by atoms with van der Waals surface area (Å²) in [5.41, 5.74) is 3.22. The number of nitrogens with zero attached hydrogens (tertiary/aromatic N) is 1. The van der Waals surface area contributed by atoms with Gasteiger partial charge in [-0.15, -0.1) is 0 Å². The molecule has 1 atom stereocenters. The van der Waals surface area contributed by atoms with Crippen molar-refractivity contribution >= 4 is 40.1 Å².